The van der Waals surface area contributed by atoms with Crippen LogP contribution in [0.25, 0.3) is 0 Å². The van der Waals surface area contributed by atoms with E-state index in [1.807, 2.05) is 20.8 Å². The quantitative estimate of drug-likeness (QED) is 0.0779. The van der Waals surface area contributed by atoms with Gasteiger partial charge in [0.2, 0.25) is 0 Å². The molecular weight excluding hydrogens is 736 g/mol. The van der Waals surface area contributed by atoms with E-state index in [4.69, 9.17) is 9.47 Å². The van der Waals surface area contributed by atoms with Crippen molar-refractivity contribution in [2.24, 2.45) is 0 Å². The van der Waals surface area contributed by atoms with Crippen LogP contribution in [0.2, 0.25) is 26.6 Å². The van der Waals surface area contributed by atoms with E-state index < -0.39 is 48.4 Å². The van der Waals surface area contributed by atoms with Crippen LogP contribution >= 0.6 is 0 Å². The first-order chi connectivity index (χ1) is 19.9. The predicted octanol–water partition coefficient (Wildman–Crippen LogP) is 11.1. The number of ether oxygens (including phenoxy) is 2. The van der Waals surface area contributed by atoms with Crippen LogP contribution in [0, 0.1) is 0 Å². The normalized spacial score (nSPS) is 13.6. The molecule has 5 nitrogen and oxygen atoms in total. The molecule has 0 aliphatic rings. The Kier molecular flexibility index (Phi) is 23.5. The van der Waals surface area contributed by atoms with Crippen LogP contribution in [0.3, 0.4) is 0 Å². The van der Waals surface area contributed by atoms with Gasteiger partial charge in [0.15, 0.2) is 0 Å². The molecule has 1 unspecified atom stereocenters. The summed E-state index contributed by atoms with van der Waals surface area (Å²) in [5.74, 6) is -0.350. The van der Waals surface area contributed by atoms with Crippen LogP contribution in [0.4, 0.5) is 4.79 Å². The molecule has 0 spiro atoms. The molecular formula is C35H71NO4Sn2. The molecule has 248 valence electrons. The van der Waals surface area contributed by atoms with Crippen LogP contribution < -0.4 is 5.32 Å². The number of unbranched alkanes of at least 4 members (excludes halogenated alkanes) is 6. The van der Waals surface area contributed by atoms with E-state index in [1.165, 1.54) is 104 Å². The second-order valence-corrected chi connectivity index (χ2v) is 40.0. The summed E-state index contributed by atoms with van der Waals surface area (Å²) < 4.78 is 24.7. The summed E-state index contributed by atoms with van der Waals surface area (Å²) in [6, 6.07) is 0. The van der Waals surface area contributed by atoms with Gasteiger partial charge in [0, 0.05) is 0 Å². The van der Waals surface area contributed by atoms with Gasteiger partial charge in [-0.3, -0.25) is 0 Å². The second kappa shape index (κ2) is 23.4. The minimum absolute atomic E-state index is 0.149. The van der Waals surface area contributed by atoms with Crippen molar-refractivity contribution in [1.29, 1.82) is 0 Å². The van der Waals surface area contributed by atoms with Gasteiger partial charge in [0.05, 0.1) is 0 Å². The van der Waals surface area contributed by atoms with Gasteiger partial charge in [-0.15, -0.1) is 0 Å². The van der Waals surface area contributed by atoms with Gasteiger partial charge in [-0.25, -0.2) is 0 Å². The van der Waals surface area contributed by atoms with Gasteiger partial charge in [0.25, 0.3) is 0 Å². The number of rotatable bonds is 24. The molecule has 0 radical (unpaired) electrons. The Balaban J connectivity index is 6.82. The van der Waals surface area contributed by atoms with Crippen molar-refractivity contribution in [3.05, 3.63) is 7.68 Å². The zero-order valence-corrected chi connectivity index (χ0v) is 35.4. The van der Waals surface area contributed by atoms with Crippen molar-refractivity contribution in [2.45, 2.75) is 185 Å². The van der Waals surface area contributed by atoms with Crippen LogP contribution in [-0.2, 0) is 14.3 Å². The monoisotopic (exact) mass is 809 g/mol. The average molecular weight is 807 g/mol. The molecule has 0 rings (SSSR count). The van der Waals surface area contributed by atoms with Crippen molar-refractivity contribution in [1.82, 2.24) is 5.32 Å². The molecule has 7 heteroatoms. The summed E-state index contributed by atoms with van der Waals surface area (Å²) in [5, 5.41) is 2.63. The molecule has 0 aromatic rings. The Bertz CT molecular complexity index is 719. The Labute approximate surface area is 270 Å². The Morgan fingerprint density at radius 3 is 1.43 bits per heavy atom. The number of carbonyl (C=O) groups excluding carboxylic acids is 2. The van der Waals surface area contributed by atoms with Gasteiger partial charge >= 0.3 is 272 Å². The third-order valence-electron chi connectivity index (χ3n) is 8.71. The summed E-state index contributed by atoms with van der Waals surface area (Å²) >= 11 is -5.60. The second-order valence-electron chi connectivity index (χ2n) is 13.9. The fourth-order valence-corrected chi connectivity index (χ4v) is 50.0. The molecule has 0 aliphatic carbocycles. The third-order valence-corrected chi connectivity index (χ3v) is 41.5. The first-order valence-corrected chi connectivity index (χ1v) is 33.0. The van der Waals surface area contributed by atoms with Crippen LogP contribution in [0.1, 0.15) is 146 Å². The topological polar surface area (TPSA) is 64.6 Å². The van der Waals surface area contributed by atoms with Crippen LogP contribution in [0.15, 0.2) is 7.68 Å². The van der Waals surface area contributed by atoms with Crippen molar-refractivity contribution in [3.63, 3.8) is 0 Å². The van der Waals surface area contributed by atoms with Gasteiger partial charge in [-0.2, -0.15) is 0 Å². The van der Waals surface area contributed by atoms with Crippen LogP contribution in [-0.4, -0.2) is 67.1 Å². The number of carbonyl (C=O) groups is 2. The first kappa shape index (κ1) is 42.1. The maximum atomic E-state index is 13.2. The Morgan fingerprint density at radius 2 is 1.07 bits per heavy atom. The van der Waals surface area contributed by atoms with E-state index in [2.05, 4.69) is 57.9 Å². The number of esters is 1. The minimum atomic E-state index is -2.91. The van der Waals surface area contributed by atoms with Gasteiger partial charge < -0.3 is 0 Å². The zero-order valence-electron chi connectivity index (χ0n) is 29.7. The first-order valence-electron chi connectivity index (χ1n) is 17.8. The van der Waals surface area contributed by atoms with Gasteiger partial charge in [-0.05, 0) is 0 Å². The van der Waals surface area contributed by atoms with Crippen molar-refractivity contribution in [2.75, 3.05) is 6.54 Å². The summed E-state index contributed by atoms with van der Waals surface area (Å²) in [6.07, 6.45) is 14.6. The van der Waals surface area contributed by atoms with Crippen molar-refractivity contribution < 1.29 is 19.1 Å². The van der Waals surface area contributed by atoms with E-state index in [9.17, 15) is 9.59 Å². The molecule has 1 atom stereocenters. The predicted molar refractivity (Wildman–Crippen MR) is 188 cm³/mol. The number of hydrogen-bond acceptors (Lipinski definition) is 4. The summed E-state index contributed by atoms with van der Waals surface area (Å²) in [6.45, 7) is 21.5. The molecule has 1 amide bonds. The molecule has 0 bridgehead atoms. The fourth-order valence-electron chi connectivity index (χ4n) is 6.32. The molecule has 0 fully saturated rings. The summed E-state index contributed by atoms with van der Waals surface area (Å²) in [7, 11) is 0. The number of nitrogens with one attached hydrogen (secondary N) is 1. The molecule has 0 saturated carbocycles. The van der Waals surface area contributed by atoms with E-state index in [1.54, 1.807) is 3.59 Å². The molecule has 0 saturated heterocycles. The van der Waals surface area contributed by atoms with Crippen LogP contribution in [0.5, 0.6) is 0 Å². The van der Waals surface area contributed by atoms with E-state index in [0.29, 0.717) is 0 Å². The van der Waals surface area contributed by atoms with E-state index >= 15 is 0 Å². The standard InChI is InChI=1S/C11H17NO4.6C4H9.2Sn/c1-6-8(2)15-9(13)7-12-10(14)16-11(3,4)5;6*1-3-4-2;;/h1,8H,7H2,2-5H3,(H,12,14);6*1,3-4H2,2H3;;. The SMILES string of the molecule is CCC[CH2][Sn](/[CH]=[C](\C(C)OC(=O)CNC(=O)OC(C)(C)C)[Sn]([CH2]CCC)([CH2]CCC)[CH2]CCC)([CH2]CCC)[CH2]CCC. The zero-order chi connectivity index (χ0) is 32.1. The summed E-state index contributed by atoms with van der Waals surface area (Å²) in [4.78, 5) is 25.5. The fraction of sp³-hybridized carbons (Fsp3) is 0.886. The molecule has 0 aromatic carbocycles. The van der Waals surface area contributed by atoms with Crippen molar-refractivity contribution >= 4 is 48.8 Å². The van der Waals surface area contributed by atoms with Crippen molar-refractivity contribution in [3.8, 4) is 0 Å². The summed E-state index contributed by atoms with van der Waals surface area (Å²) in [5.41, 5.74) is -0.602. The molecule has 0 aromatic heterocycles. The molecule has 0 heterocycles. The Morgan fingerprint density at radius 1 is 0.690 bits per heavy atom. The maximum absolute atomic E-state index is 13.2. The van der Waals surface area contributed by atoms with E-state index in [-0.39, 0.29) is 18.6 Å². The third kappa shape index (κ3) is 17.5. The molecule has 1 N–H and O–H groups in total. The van der Waals surface area contributed by atoms with E-state index in [0.717, 1.165) is 0 Å². The molecule has 42 heavy (non-hydrogen) atoms. The average Bonchev–Trinajstić information content (AvgIpc) is 2.94. The number of alkyl carbamates (subject to hydrolysis) is 1. The Hall–Kier alpha value is 0.0774. The van der Waals surface area contributed by atoms with Gasteiger partial charge in [-0.1, -0.05) is 0 Å². The molecule has 0 aliphatic heterocycles. The van der Waals surface area contributed by atoms with Gasteiger partial charge in [0.1, 0.15) is 0 Å². The number of hydrogen-bond donors (Lipinski definition) is 1. The number of amides is 1.